The molecule has 0 aliphatic carbocycles. The zero-order chi connectivity index (χ0) is 13.5. The third kappa shape index (κ3) is 2.00. The van der Waals surface area contributed by atoms with Gasteiger partial charge in [-0.1, -0.05) is 6.58 Å². The molecule has 0 aromatic rings. The summed E-state index contributed by atoms with van der Waals surface area (Å²) in [6.07, 6.45) is -7.74. The number of carbonyl (C=O) groups excluding carboxylic acids is 1. The Balaban J connectivity index is 2.97. The average molecular weight is 262 g/mol. The molecule has 9 heteroatoms. The lowest BCUT2D eigenvalue weighted by atomic mass is 10.1. The lowest BCUT2D eigenvalue weighted by molar-refractivity contribution is -0.405. The van der Waals surface area contributed by atoms with E-state index in [0.717, 1.165) is 0 Å². The molecule has 1 heterocycles. The number of rotatable bonds is 2. The summed E-state index contributed by atoms with van der Waals surface area (Å²) in [5.74, 6) is -10.8. The summed E-state index contributed by atoms with van der Waals surface area (Å²) >= 11 is 0. The molecule has 0 aromatic heterocycles. The summed E-state index contributed by atoms with van der Waals surface area (Å²) in [5.41, 5.74) is 0. The molecule has 1 rings (SSSR count). The van der Waals surface area contributed by atoms with Gasteiger partial charge in [-0.2, -0.15) is 22.0 Å². The lowest BCUT2D eigenvalue weighted by Gasteiger charge is -2.30. The minimum absolute atomic E-state index is 0.501. The van der Waals surface area contributed by atoms with E-state index in [1.165, 1.54) is 0 Å². The first-order valence-corrected chi connectivity index (χ1v) is 4.20. The Hall–Kier alpha value is -1.22. The van der Waals surface area contributed by atoms with E-state index >= 15 is 0 Å². The topological polar surface area (TPSA) is 55.8 Å². The van der Waals surface area contributed by atoms with Crippen molar-refractivity contribution in [1.82, 2.24) is 0 Å². The third-order valence-electron chi connectivity index (χ3n) is 2.11. The number of esters is 1. The summed E-state index contributed by atoms with van der Waals surface area (Å²) in [5, 5.41) is 8.80. The van der Waals surface area contributed by atoms with Gasteiger partial charge in [0, 0.05) is 6.08 Å². The van der Waals surface area contributed by atoms with Crippen molar-refractivity contribution >= 4 is 5.97 Å². The fraction of sp³-hybridized carbons (Fsp3) is 0.625. The van der Waals surface area contributed by atoms with Crippen LogP contribution in [-0.2, 0) is 14.3 Å². The maximum Gasteiger partial charge on any atom is 0.449 e. The van der Waals surface area contributed by atoms with Crippen molar-refractivity contribution in [1.29, 1.82) is 0 Å². The van der Waals surface area contributed by atoms with Crippen LogP contribution in [0.2, 0.25) is 0 Å². The summed E-state index contributed by atoms with van der Waals surface area (Å²) in [6, 6.07) is 0. The number of alkyl halides is 5. The highest BCUT2D eigenvalue weighted by atomic mass is 19.4. The molecule has 0 saturated carbocycles. The molecule has 1 aliphatic rings. The molecule has 1 fully saturated rings. The predicted octanol–water partition coefficient (Wildman–Crippen LogP) is 1.00. The Labute approximate surface area is 91.6 Å². The lowest BCUT2D eigenvalue weighted by Crippen LogP contribution is -2.59. The van der Waals surface area contributed by atoms with Crippen molar-refractivity contribution in [3.05, 3.63) is 12.7 Å². The maximum atomic E-state index is 13.2. The molecular weight excluding hydrogens is 255 g/mol. The molecule has 98 valence electrons. The van der Waals surface area contributed by atoms with Gasteiger partial charge in [-0.3, -0.25) is 0 Å². The molecule has 1 aliphatic heterocycles. The fourth-order valence-corrected chi connectivity index (χ4v) is 1.18. The van der Waals surface area contributed by atoms with Crippen LogP contribution in [0.1, 0.15) is 0 Å². The van der Waals surface area contributed by atoms with Gasteiger partial charge in [0.2, 0.25) is 0 Å². The number of hydrogen-bond donors (Lipinski definition) is 1. The monoisotopic (exact) mass is 262 g/mol. The summed E-state index contributed by atoms with van der Waals surface area (Å²) in [6.45, 7) is 1.62. The normalized spacial score (nSPS) is 32.2. The van der Waals surface area contributed by atoms with Gasteiger partial charge in [0.15, 0.2) is 6.10 Å². The Morgan fingerprint density at radius 3 is 2.41 bits per heavy atom. The van der Waals surface area contributed by atoms with Crippen LogP contribution in [0.25, 0.3) is 0 Å². The molecule has 1 N–H and O–H groups in total. The van der Waals surface area contributed by atoms with Crippen molar-refractivity contribution in [3.8, 4) is 0 Å². The van der Waals surface area contributed by atoms with Crippen LogP contribution in [0.15, 0.2) is 12.7 Å². The fourth-order valence-electron chi connectivity index (χ4n) is 1.18. The van der Waals surface area contributed by atoms with Gasteiger partial charge in [0.05, 0.1) is 6.61 Å². The highest BCUT2D eigenvalue weighted by Gasteiger charge is 2.78. The highest BCUT2D eigenvalue weighted by Crippen LogP contribution is 2.49. The molecule has 0 bridgehead atoms. The first kappa shape index (κ1) is 13.8. The summed E-state index contributed by atoms with van der Waals surface area (Å²) < 4.78 is 70.8. The van der Waals surface area contributed by atoms with Gasteiger partial charge >= 0.3 is 23.9 Å². The van der Waals surface area contributed by atoms with Gasteiger partial charge < -0.3 is 14.6 Å². The van der Waals surface area contributed by atoms with E-state index in [1.54, 1.807) is 0 Å². The molecule has 0 aromatic carbocycles. The quantitative estimate of drug-likeness (QED) is 0.458. The van der Waals surface area contributed by atoms with Crippen LogP contribution in [0.3, 0.4) is 0 Å². The van der Waals surface area contributed by atoms with Crippen molar-refractivity contribution in [2.24, 2.45) is 0 Å². The molecule has 0 radical (unpaired) electrons. The third-order valence-corrected chi connectivity index (χ3v) is 2.11. The van der Waals surface area contributed by atoms with E-state index in [-0.39, 0.29) is 0 Å². The molecule has 17 heavy (non-hydrogen) atoms. The predicted molar refractivity (Wildman–Crippen MR) is 42.0 cm³/mol. The number of halogens is 5. The van der Waals surface area contributed by atoms with Crippen LogP contribution >= 0.6 is 0 Å². The Kier molecular flexibility index (Phi) is 3.19. The summed E-state index contributed by atoms with van der Waals surface area (Å²) in [4.78, 5) is 10.6. The van der Waals surface area contributed by atoms with Crippen LogP contribution in [0.5, 0.6) is 0 Å². The minimum Gasteiger partial charge on any atom is -0.450 e. The zero-order valence-corrected chi connectivity index (χ0v) is 8.13. The van der Waals surface area contributed by atoms with Gasteiger partial charge in [0.1, 0.15) is 0 Å². The number of ether oxygens (including phenoxy) is 2. The van der Waals surface area contributed by atoms with Crippen LogP contribution < -0.4 is 0 Å². The minimum atomic E-state index is -5.72. The largest absolute Gasteiger partial charge is 0.450 e. The zero-order valence-electron chi connectivity index (χ0n) is 8.13. The van der Waals surface area contributed by atoms with Crippen molar-refractivity contribution < 1.29 is 41.3 Å². The van der Waals surface area contributed by atoms with Gasteiger partial charge in [0.25, 0.3) is 0 Å². The average Bonchev–Trinajstić information content (AvgIpc) is 2.41. The van der Waals surface area contributed by atoms with Crippen LogP contribution in [-0.4, -0.2) is 41.7 Å². The molecule has 0 spiro atoms. The number of aliphatic hydroxyl groups is 1. The second-order valence-corrected chi connectivity index (χ2v) is 3.21. The van der Waals surface area contributed by atoms with E-state index < -0.39 is 36.6 Å². The van der Waals surface area contributed by atoms with Crippen molar-refractivity contribution in [3.63, 3.8) is 0 Å². The first-order chi connectivity index (χ1) is 7.56. The standard InChI is InChI=1S/C8H7F5O4/c1-2-5(14)17-4-3-16-7(15,6(4,9)10)8(11,12)13/h2,4,15H,1,3H2. The van der Waals surface area contributed by atoms with Gasteiger partial charge in [-0.25, -0.2) is 4.79 Å². The molecule has 2 unspecified atom stereocenters. The van der Waals surface area contributed by atoms with E-state index in [1.807, 2.05) is 0 Å². The van der Waals surface area contributed by atoms with Gasteiger partial charge in [-0.05, 0) is 0 Å². The van der Waals surface area contributed by atoms with E-state index in [2.05, 4.69) is 16.1 Å². The van der Waals surface area contributed by atoms with Crippen molar-refractivity contribution in [2.45, 2.75) is 24.0 Å². The van der Waals surface area contributed by atoms with E-state index in [4.69, 9.17) is 5.11 Å². The summed E-state index contributed by atoms with van der Waals surface area (Å²) in [7, 11) is 0. The van der Waals surface area contributed by atoms with E-state index in [0.29, 0.717) is 6.08 Å². The molecular formula is C8H7F5O4. The maximum absolute atomic E-state index is 13.2. The molecule has 1 saturated heterocycles. The highest BCUT2D eigenvalue weighted by molar-refractivity contribution is 5.81. The van der Waals surface area contributed by atoms with Crippen molar-refractivity contribution in [2.75, 3.05) is 6.61 Å². The molecule has 2 atom stereocenters. The second kappa shape index (κ2) is 3.91. The molecule has 0 amide bonds. The SMILES string of the molecule is C=CC(=O)OC1COC(O)(C(F)(F)F)C1(F)F. The first-order valence-electron chi connectivity index (χ1n) is 4.20. The van der Waals surface area contributed by atoms with Crippen LogP contribution in [0, 0.1) is 0 Å². The van der Waals surface area contributed by atoms with E-state index in [9.17, 15) is 26.7 Å². The number of carbonyl (C=O) groups is 1. The Morgan fingerprint density at radius 1 is 1.53 bits per heavy atom. The molecule has 4 nitrogen and oxygen atoms in total. The second-order valence-electron chi connectivity index (χ2n) is 3.21. The van der Waals surface area contributed by atoms with Crippen LogP contribution in [0.4, 0.5) is 22.0 Å². The smallest absolute Gasteiger partial charge is 0.449 e. The Morgan fingerprint density at radius 2 is 2.06 bits per heavy atom. The van der Waals surface area contributed by atoms with Gasteiger partial charge in [-0.15, -0.1) is 0 Å². The number of hydrogen-bond acceptors (Lipinski definition) is 4. The Bertz CT molecular complexity index is 339.